The molecule has 0 radical (unpaired) electrons. The van der Waals surface area contributed by atoms with E-state index in [-0.39, 0.29) is 23.6 Å². The van der Waals surface area contributed by atoms with Gasteiger partial charge in [-0.25, -0.2) is 0 Å². The average Bonchev–Trinajstić information content (AvgIpc) is 3.08. The summed E-state index contributed by atoms with van der Waals surface area (Å²) in [4.78, 5) is 40.3. The minimum atomic E-state index is -0.920. The first-order valence-electron chi connectivity index (χ1n) is 10.4. The van der Waals surface area contributed by atoms with Gasteiger partial charge in [0.1, 0.15) is 5.76 Å². The van der Waals surface area contributed by atoms with E-state index in [2.05, 4.69) is 4.90 Å². The summed E-state index contributed by atoms with van der Waals surface area (Å²) < 4.78 is 5.35. The third kappa shape index (κ3) is 4.25. The number of carbonyl (C=O) groups is 2. The largest absolute Gasteiger partial charge is 0.507 e. The second kappa shape index (κ2) is 9.29. The molecule has 32 heavy (non-hydrogen) atoms. The van der Waals surface area contributed by atoms with Gasteiger partial charge in [0.2, 0.25) is 0 Å². The van der Waals surface area contributed by atoms with Gasteiger partial charge < -0.3 is 14.7 Å². The van der Waals surface area contributed by atoms with E-state index >= 15 is 0 Å². The molecule has 0 saturated carbocycles. The van der Waals surface area contributed by atoms with E-state index < -0.39 is 22.7 Å². The highest BCUT2D eigenvalue weighted by Crippen LogP contribution is 2.40. The fourth-order valence-corrected chi connectivity index (χ4v) is 4.09. The molecule has 1 atom stereocenters. The molecule has 4 rings (SSSR count). The van der Waals surface area contributed by atoms with Crippen LogP contribution in [0, 0.1) is 10.1 Å². The van der Waals surface area contributed by atoms with Gasteiger partial charge in [0, 0.05) is 43.9 Å². The molecular formula is C23H23N3O6. The maximum absolute atomic E-state index is 13.0. The molecule has 2 aliphatic heterocycles. The van der Waals surface area contributed by atoms with Crippen molar-refractivity contribution in [3.63, 3.8) is 0 Å². The van der Waals surface area contributed by atoms with Crippen LogP contribution in [-0.2, 0) is 14.3 Å². The molecule has 0 bridgehead atoms. The second-order valence-corrected chi connectivity index (χ2v) is 7.66. The fraction of sp³-hybridized carbons (Fsp3) is 0.304. The minimum Gasteiger partial charge on any atom is -0.507 e. The molecule has 0 aromatic heterocycles. The number of ether oxygens (including phenoxy) is 1. The number of Topliss-reactive ketones (excluding diaryl/α,β-unsaturated/α-hetero) is 1. The topological polar surface area (TPSA) is 113 Å². The number of morpholine rings is 1. The Hall–Kier alpha value is -3.56. The van der Waals surface area contributed by atoms with Crippen molar-refractivity contribution in [2.75, 3.05) is 39.4 Å². The molecule has 1 amide bonds. The van der Waals surface area contributed by atoms with Gasteiger partial charge in [-0.2, -0.15) is 0 Å². The quantitative estimate of drug-likeness (QED) is 0.243. The Bertz CT molecular complexity index is 1060. The number of benzene rings is 2. The molecule has 9 nitrogen and oxygen atoms in total. The highest BCUT2D eigenvalue weighted by molar-refractivity contribution is 6.46. The van der Waals surface area contributed by atoms with E-state index in [4.69, 9.17) is 4.74 Å². The van der Waals surface area contributed by atoms with Crippen molar-refractivity contribution in [1.29, 1.82) is 0 Å². The van der Waals surface area contributed by atoms with E-state index in [0.717, 1.165) is 13.1 Å². The van der Waals surface area contributed by atoms with E-state index in [0.29, 0.717) is 30.9 Å². The van der Waals surface area contributed by atoms with Crippen LogP contribution >= 0.6 is 0 Å². The summed E-state index contributed by atoms with van der Waals surface area (Å²) in [6.45, 7) is 3.39. The molecular weight excluding hydrogens is 414 g/mol. The number of nitro benzene ring substituents is 1. The van der Waals surface area contributed by atoms with Crippen LogP contribution in [0.15, 0.2) is 60.2 Å². The van der Waals surface area contributed by atoms with E-state index in [1.54, 1.807) is 36.4 Å². The van der Waals surface area contributed by atoms with Gasteiger partial charge in [-0.05, 0) is 5.56 Å². The van der Waals surface area contributed by atoms with Crippen molar-refractivity contribution in [2.45, 2.75) is 6.04 Å². The lowest BCUT2D eigenvalue weighted by Crippen LogP contribution is -2.42. The molecule has 0 aliphatic carbocycles. The van der Waals surface area contributed by atoms with Gasteiger partial charge in [0.25, 0.3) is 17.4 Å². The van der Waals surface area contributed by atoms with E-state index in [1.807, 2.05) is 0 Å². The molecule has 2 heterocycles. The van der Waals surface area contributed by atoms with Gasteiger partial charge in [-0.3, -0.25) is 24.6 Å². The van der Waals surface area contributed by atoms with Crippen LogP contribution in [-0.4, -0.2) is 70.9 Å². The summed E-state index contributed by atoms with van der Waals surface area (Å²) in [5.74, 6) is -1.83. The smallest absolute Gasteiger partial charge is 0.295 e. The van der Waals surface area contributed by atoms with Crippen molar-refractivity contribution in [3.8, 4) is 0 Å². The van der Waals surface area contributed by atoms with Crippen molar-refractivity contribution in [2.24, 2.45) is 0 Å². The summed E-state index contributed by atoms with van der Waals surface area (Å²) >= 11 is 0. The SMILES string of the molecule is O=C1C(=O)N(CCN2CCOCC2)[C@@H](c2cccc([N+](=O)[O-])c2)C1=C(O)c1ccccc1. The maximum Gasteiger partial charge on any atom is 0.295 e. The summed E-state index contributed by atoms with van der Waals surface area (Å²) in [5.41, 5.74) is 0.580. The van der Waals surface area contributed by atoms with Crippen molar-refractivity contribution in [1.82, 2.24) is 9.80 Å². The molecule has 2 saturated heterocycles. The third-order valence-electron chi connectivity index (χ3n) is 5.74. The number of hydrogen-bond donors (Lipinski definition) is 1. The van der Waals surface area contributed by atoms with Crippen LogP contribution in [0.25, 0.3) is 5.76 Å². The Morgan fingerprint density at radius 2 is 1.78 bits per heavy atom. The highest BCUT2D eigenvalue weighted by atomic mass is 16.6. The first-order chi connectivity index (χ1) is 15.5. The number of hydrogen-bond acceptors (Lipinski definition) is 7. The van der Waals surface area contributed by atoms with Crippen LogP contribution in [0.5, 0.6) is 0 Å². The molecule has 2 fully saturated rings. The van der Waals surface area contributed by atoms with Crippen molar-refractivity contribution >= 4 is 23.1 Å². The number of amides is 1. The third-order valence-corrected chi connectivity index (χ3v) is 5.74. The number of nitrogens with zero attached hydrogens (tertiary/aromatic N) is 3. The van der Waals surface area contributed by atoms with Crippen molar-refractivity contribution in [3.05, 3.63) is 81.4 Å². The first kappa shape index (κ1) is 21.7. The number of nitro groups is 1. The van der Waals surface area contributed by atoms with Gasteiger partial charge >= 0.3 is 0 Å². The number of aliphatic hydroxyl groups is 1. The van der Waals surface area contributed by atoms with Gasteiger partial charge in [-0.1, -0.05) is 42.5 Å². The number of carbonyl (C=O) groups excluding carboxylic acids is 2. The standard InChI is InChI=1S/C23H23N3O6/c27-21(16-5-2-1-3-6-16)19-20(17-7-4-8-18(15-17)26(30)31)25(23(29)22(19)28)10-9-24-11-13-32-14-12-24/h1-8,15,20,27H,9-14H2/t20-/m0/s1. The zero-order valence-electron chi connectivity index (χ0n) is 17.3. The molecule has 1 N–H and O–H groups in total. The van der Waals surface area contributed by atoms with E-state index in [9.17, 15) is 24.8 Å². The minimum absolute atomic E-state index is 0.0660. The predicted molar refractivity (Wildman–Crippen MR) is 116 cm³/mol. The van der Waals surface area contributed by atoms with Crippen LogP contribution in [0.3, 0.4) is 0 Å². The molecule has 2 aliphatic rings. The van der Waals surface area contributed by atoms with E-state index in [1.165, 1.54) is 23.1 Å². The lowest BCUT2D eigenvalue weighted by molar-refractivity contribution is -0.384. The monoisotopic (exact) mass is 437 g/mol. The molecule has 2 aromatic rings. The molecule has 0 spiro atoms. The fourth-order valence-electron chi connectivity index (χ4n) is 4.09. The van der Waals surface area contributed by atoms with Crippen molar-refractivity contribution < 1.29 is 24.4 Å². The zero-order valence-corrected chi connectivity index (χ0v) is 17.3. The Morgan fingerprint density at radius 3 is 2.47 bits per heavy atom. The van der Waals surface area contributed by atoms with Crippen LogP contribution in [0.4, 0.5) is 5.69 Å². The number of non-ortho nitro benzene ring substituents is 1. The maximum atomic E-state index is 13.0. The predicted octanol–water partition coefficient (Wildman–Crippen LogP) is 2.35. The lowest BCUT2D eigenvalue weighted by atomic mass is 9.95. The lowest BCUT2D eigenvalue weighted by Gasteiger charge is -2.31. The van der Waals surface area contributed by atoms with Crippen LogP contribution < -0.4 is 0 Å². The number of ketones is 1. The molecule has 0 unspecified atom stereocenters. The normalized spacial score (nSPS) is 21.1. The number of aliphatic hydroxyl groups excluding tert-OH is 1. The molecule has 2 aromatic carbocycles. The van der Waals surface area contributed by atoms with Crippen LogP contribution in [0.1, 0.15) is 17.2 Å². The Labute approximate surface area is 184 Å². The Morgan fingerprint density at radius 1 is 1.06 bits per heavy atom. The summed E-state index contributed by atoms with van der Waals surface area (Å²) in [5, 5.41) is 22.3. The summed E-state index contributed by atoms with van der Waals surface area (Å²) in [6, 6.07) is 13.4. The summed E-state index contributed by atoms with van der Waals surface area (Å²) in [7, 11) is 0. The van der Waals surface area contributed by atoms with Gasteiger partial charge in [0.15, 0.2) is 0 Å². The van der Waals surface area contributed by atoms with Gasteiger partial charge in [0.05, 0.1) is 29.8 Å². The molecule has 9 heteroatoms. The number of rotatable bonds is 6. The van der Waals surface area contributed by atoms with Crippen LogP contribution in [0.2, 0.25) is 0 Å². The first-order valence-corrected chi connectivity index (χ1v) is 10.4. The Kier molecular flexibility index (Phi) is 6.29. The average molecular weight is 437 g/mol. The summed E-state index contributed by atoms with van der Waals surface area (Å²) in [6.07, 6.45) is 0. The number of likely N-dealkylation sites (tertiary alicyclic amines) is 1. The molecule has 166 valence electrons. The second-order valence-electron chi connectivity index (χ2n) is 7.66. The zero-order chi connectivity index (χ0) is 22.7. The Balaban J connectivity index is 1.76. The van der Waals surface area contributed by atoms with Gasteiger partial charge in [-0.15, -0.1) is 0 Å². The highest BCUT2D eigenvalue weighted by Gasteiger charge is 2.46.